The number of rotatable bonds is 8. The Kier molecular flexibility index (Phi) is 8.54. The fraction of sp³-hybridized carbons (Fsp3) is 1.00. The number of thioether (sulfide) groups is 2. The van der Waals surface area contributed by atoms with Gasteiger partial charge in [-0.1, -0.05) is 0 Å². The first-order valence-electron chi connectivity index (χ1n) is 4.55. The van der Waals surface area contributed by atoms with Crippen molar-refractivity contribution in [2.75, 3.05) is 31.5 Å². The van der Waals surface area contributed by atoms with Crippen molar-refractivity contribution >= 4 is 31.1 Å². The van der Waals surface area contributed by atoms with E-state index in [4.69, 9.17) is 9.05 Å². The van der Waals surface area contributed by atoms with Crippen molar-refractivity contribution < 1.29 is 13.6 Å². The third kappa shape index (κ3) is 4.58. The topological polar surface area (TPSA) is 35.5 Å². The molecule has 0 radical (unpaired) electrons. The van der Waals surface area contributed by atoms with Crippen molar-refractivity contribution in [3.8, 4) is 0 Å². The summed E-state index contributed by atoms with van der Waals surface area (Å²) < 4.78 is 22.8. The van der Waals surface area contributed by atoms with Crippen LogP contribution in [0.5, 0.6) is 0 Å². The van der Waals surface area contributed by atoms with Crippen molar-refractivity contribution in [3.05, 3.63) is 0 Å². The molecule has 14 heavy (non-hydrogen) atoms. The molecule has 0 bridgehead atoms. The Morgan fingerprint density at radius 3 is 2.00 bits per heavy atom. The number of hydrogen-bond acceptors (Lipinski definition) is 5. The third-order valence-corrected chi connectivity index (χ3v) is 6.92. The molecule has 0 fully saturated rings. The minimum atomic E-state index is -2.90. The van der Waals surface area contributed by atoms with E-state index in [1.807, 2.05) is 26.4 Å². The standard InChI is InChI=1S/C8H19O3PS2/c1-5-10-12(9,11-6-2)8(14-4)7-13-3/h8H,5-7H2,1-4H3. The maximum atomic E-state index is 12.3. The normalized spacial score (nSPS) is 14.3. The minimum Gasteiger partial charge on any atom is -0.308 e. The summed E-state index contributed by atoms with van der Waals surface area (Å²) in [5.74, 6) is 0.790. The highest BCUT2D eigenvalue weighted by Crippen LogP contribution is 2.57. The number of hydrogen-bond donors (Lipinski definition) is 0. The molecule has 0 aromatic heterocycles. The van der Waals surface area contributed by atoms with Gasteiger partial charge in [0.1, 0.15) is 4.99 Å². The molecule has 0 amide bonds. The van der Waals surface area contributed by atoms with Crippen LogP contribution in [-0.2, 0) is 13.6 Å². The van der Waals surface area contributed by atoms with Gasteiger partial charge in [-0.15, -0.1) is 11.8 Å². The van der Waals surface area contributed by atoms with Crippen LogP contribution in [-0.4, -0.2) is 36.5 Å². The molecule has 3 nitrogen and oxygen atoms in total. The summed E-state index contributed by atoms with van der Waals surface area (Å²) in [6.07, 6.45) is 3.93. The van der Waals surface area contributed by atoms with Crippen LogP contribution in [0, 0.1) is 0 Å². The molecule has 0 saturated heterocycles. The predicted molar refractivity (Wildman–Crippen MR) is 66.5 cm³/mol. The first kappa shape index (κ1) is 14.8. The Balaban J connectivity index is 4.48. The van der Waals surface area contributed by atoms with E-state index in [-0.39, 0.29) is 4.99 Å². The fourth-order valence-corrected chi connectivity index (χ4v) is 5.93. The Morgan fingerprint density at radius 2 is 1.71 bits per heavy atom. The second-order valence-electron chi connectivity index (χ2n) is 2.52. The summed E-state index contributed by atoms with van der Waals surface area (Å²) in [6, 6.07) is 0. The van der Waals surface area contributed by atoms with Gasteiger partial charge in [0.2, 0.25) is 0 Å². The zero-order chi connectivity index (χ0) is 11.0. The highest BCUT2D eigenvalue weighted by Gasteiger charge is 2.34. The second kappa shape index (κ2) is 8.05. The third-order valence-electron chi connectivity index (χ3n) is 1.55. The molecule has 0 saturated carbocycles. The maximum Gasteiger partial charge on any atom is 0.344 e. The molecular formula is C8H19O3PS2. The van der Waals surface area contributed by atoms with Gasteiger partial charge in [-0.3, -0.25) is 4.57 Å². The van der Waals surface area contributed by atoms with Crippen molar-refractivity contribution in [3.63, 3.8) is 0 Å². The lowest BCUT2D eigenvalue weighted by Gasteiger charge is -2.24. The maximum absolute atomic E-state index is 12.3. The van der Waals surface area contributed by atoms with Crippen molar-refractivity contribution in [2.45, 2.75) is 18.8 Å². The SMILES string of the molecule is CCOP(=O)(OCC)C(CSC)SC. The zero-order valence-corrected chi connectivity index (χ0v) is 11.7. The molecule has 6 heteroatoms. The van der Waals surface area contributed by atoms with E-state index in [1.165, 1.54) is 0 Å². The summed E-state index contributed by atoms with van der Waals surface area (Å²) in [4.78, 5) is -0.0580. The summed E-state index contributed by atoms with van der Waals surface area (Å²) in [5, 5.41) is 0. The molecule has 0 aromatic carbocycles. The van der Waals surface area contributed by atoms with E-state index in [0.717, 1.165) is 5.75 Å². The van der Waals surface area contributed by atoms with E-state index >= 15 is 0 Å². The lowest BCUT2D eigenvalue weighted by molar-refractivity contribution is 0.219. The molecule has 0 aromatic rings. The molecule has 1 atom stereocenters. The van der Waals surface area contributed by atoms with Crippen LogP contribution in [0.4, 0.5) is 0 Å². The van der Waals surface area contributed by atoms with E-state index < -0.39 is 7.60 Å². The van der Waals surface area contributed by atoms with Gasteiger partial charge in [-0.25, -0.2) is 0 Å². The second-order valence-corrected chi connectivity index (χ2v) is 7.04. The van der Waals surface area contributed by atoms with Gasteiger partial charge < -0.3 is 9.05 Å². The van der Waals surface area contributed by atoms with Crippen LogP contribution in [0.25, 0.3) is 0 Å². The van der Waals surface area contributed by atoms with Crippen molar-refractivity contribution in [1.29, 1.82) is 0 Å². The smallest absolute Gasteiger partial charge is 0.308 e. The molecule has 0 aliphatic carbocycles. The lowest BCUT2D eigenvalue weighted by atomic mass is 10.9. The fourth-order valence-electron chi connectivity index (χ4n) is 0.994. The van der Waals surface area contributed by atoms with Gasteiger partial charge in [0.25, 0.3) is 0 Å². The van der Waals surface area contributed by atoms with Crippen LogP contribution in [0.2, 0.25) is 0 Å². The Bertz CT molecular complexity index is 179. The Hall–Kier alpha value is 0.850. The highest BCUT2D eigenvalue weighted by atomic mass is 32.2. The Labute approximate surface area is 95.2 Å². The molecule has 0 N–H and O–H groups in total. The average molecular weight is 258 g/mol. The van der Waals surface area contributed by atoms with Gasteiger partial charge in [0.15, 0.2) is 0 Å². The molecule has 1 unspecified atom stereocenters. The largest absolute Gasteiger partial charge is 0.344 e. The predicted octanol–water partition coefficient (Wildman–Crippen LogP) is 3.30. The molecule has 0 spiro atoms. The average Bonchev–Trinajstić information content (AvgIpc) is 2.14. The van der Waals surface area contributed by atoms with Crippen LogP contribution in [0.15, 0.2) is 0 Å². The molecule has 0 heterocycles. The van der Waals surface area contributed by atoms with Crippen LogP contribution in [0.1, 0.15) is 13.8 Å². The van der Waals surface area contributed by atoms with Gasteiger partial charge in [0.05, 0.1) is 13.2 Å². The van der Waals surface area contributed by atoms with Gasteiger partial charge >= 0.3 is 7.60 Å². The van der Waals surface area contributed by atoms with Crippen molar-refractivity contribution in [1.82, 2.24) is 0 Å². The lowest BCUT2D eigenvalue weighted by Crippen LogP contribution is -2.12. The van der Waals surface area contributed by atoms with Crippen LogP contribution in [0.3, 0.4) is 0 Å². The van der Waals surface area contributed by atoms with E-state index in [1.54, 1.807) is 23.5 Å². The molecule has 86 valence electrons. The monoisotopic (exact) mass is 258 g/mol. The molecule has 0 rings (SSSR count). The summed E-state index contributed by atoms with van der Waals surface area (Å²) >= 11 is 3.21. The summed E-state index contributed by atoms with van der Waals surface area (Å²) in [7, 11) is -2.90. The van der Waals surface area contributed by atoms with Crippen LogP contribution < -0.4 is 0 Å². The minimum absolute atomic E-state index is 0.0580. The first-order chi connectivity index (χ1) is 6.64. The van der Waals surface area contributed by atoms with E-state index in [2.05, 4.69) is 0 Å². The highest BCUT2D eigenvalue weighted by molar-refractivity contribution is 8.07. The van der Waals surface area contributed by atoms with Gasteiger partial charge in [0, 0.05) is 5.75 Å². The molecule has 0 aliphatic rings. The zero-order valence-electron chi connectivity index (χ0n) is 9.19. The summed E-state index contributed by atoms with van der Waals surface area (Å²) in [5.41, 5.74) is 0. The van der Waals surface area contributed by atoms with E-state index in [0.29, 0.717) is 13.2 Å². The van der Waals surface area contributed by atoms with Gasteiger partial charge in [-0.05, 0) is 26.4 Å². The van der Waals surface area contributed by atoms with Crippen molar-refractivity contribution in [2.24, 2.45) is 0 Å². The summed E-state index contributed by atoms with van der Waals surface area (Å²) in [6.45, 7) is 4.54. The molecular weight excluding hydrogens is 239 g/mol. The first-order valence-corrected chi connectivity index (χ1v) is 8.84. The Morgan fingerprint density at radius 1 is 1.21 bits per heavy atom. The van der Waals surface area contributed by atoms with E-state index in [9.17, 15) is 4.57 Å². The molecule has 0 aliphatic heterocycles. The quantitative estimate of drug-likeness (QED) is 0.624. The van der Waals surface area contributed by atoms with Crippen LogP contribution >= 0.6 is 31.1 Å². The van der Waals surface area contributed by atoms with Gasteiger partial charge in [-0.2, -0.15) is 11.8 Å².